The third-order valence-corrected chi connectivity index (χ3v) is 4.72. The molecule has 2 bridgehead atoms. The summed E-state index contributed by atoms with van der Waals surface area (Å²) in [6.07, 6.45) is -2.11. The van der Waals surface area contributed by atoms with Gasteiger partial charge in [-0.3, -0.25) is 9.88 Å². The molecular formula is C15H14F3N3. The van der Waals surface area contributed by atoms with E-state index in [1.807, 2.05) is 24.3 Å². The maximum atomic E-state index is 13.3. The Morgan fingerprint density at radius 3 is 2.62 bits per heavy atom. The first-order chi connectivity index (χ1) is 9.98. The van der Waals surface area contributed by atoms with E-state index in [1.165, 1.54) is 4.90 Å². The van der Waals surface area contributed by atoms with Crippen molar-refractivity contribution in [3.05, 3.63) is 36.2 Å². The molecule has 3 aliphatic rings. The molecule has 5 rings (SSSR count). The van der Waals surface area contributed by atoms with Gasteiger partial charge in [-0.25, -0.2) is 4.98 Å². The van der Waals surface area contributed by atoms with E-state index in [1.54, 1.807) is 6.20 Å². The van der Waals surface area contributed by atoms with Crippen LogP contribution >= 0.6 is 0 Å². The Bertz CT molecular complexity index is 692. The molecule has 1 aliphatic carbocycles. The SMILES string of the molecule is FC(F)(F)C12CC(CN1Cc1cnc3ccccc3n1)C2. The predicted octanol–water partition coefficient (Wildman–Crippen LogP) is 3.16. The summed E-state index contributed by atoms with van der Waals surface area (Å²) in [7, 11) is 0. The third-order valence-electron chi connectivity index (χ3n) is 4.72. The first kappa shape index (κ1) is 13.0. The smallest absolute Gasteiger partial charge is 0.283 e. The van der Waals surface area contributed by atoms with E-state index in [0.717, 1.165) is 11.0 Å². The first-order valence-electron chi connectivity index (χ1n) is 7.00. The summed E-state index contributed by atoms with van der Waals surface area (Å²) in [5, 5.41) is 0. The highest BCUT2D eigenvalue weighted by Gasteiger charge is 2.69. The minimum absolute atomic E-state index is 0.181. The number of alkyl halides is 3. The van der Waals surface area contributed by atoms with Crippen LogP contribution in [-0.4, -0.2) is 33.1 Å². The highest BCUT2D eigenvalue weighted by atomic mass is 19.4. The fourth-order valence-electron chi connectivity index (χ4n) is 3.66. The van der Waals surface area contributed by atoms with Crippen LogP contribution in [0.15, 0.2) is 30.5 Å². The maximum absolute atomic E-state index is 13.3. The molecule has 2 aliphatic heterocycles. The highest BCUT2D eigenvalue weighted by Crippen LogP contribution is 2.58. The summed E-state index contributed by atoms with van der Waals surface area (Å²) in [6.45, 7) is 0.724. The molecule has 1 aromatic carbocycles. The average molecular weight is 293 g/mol. The van der Waals surface area contributed by atoms with Crippen molar-refractivity contribution < 1.29 is 13.2 Å². The van der Waals surface area contributed by atoms with Gasteiger partial charge in [-0.05, 0) is 30.9 Å². The lowest BCUT2D eigenvalue weighted by atomic mass is 9.73. The molecule has 2 saturated heterocycles. The van der Waals surface area contributed by atoms with Crippen LogP contribution in [-0.2, 0) is 6.54 Å². The number of hydrogen-bond donors (Lipinski definition) is 0. The molecule has 21 heavy (non-hydrogen) atoms. The monoisotopic (exact) mass is 293 g/mol. The number of benzene rings is 1. The molecule has 1 aromatic heterocycles. The minimum atomic E-state index is -4.16. The summed E-state index contributed by atoms with van der Waals surface area (Å²) in [4.78, 5) is 10.2. The number of para-hydroxylation sites is 2. The van der Waals surface area contributed by atoms with Crippen molar-refractivity contribution in [2.24, 2.45) is 5.92 Å². The van der Waals surface area contributed by atoms with Crippen LogP contribution in [0.4, 0.5) is 13.2 Å². The van der Waals surface area contributed by atoms with Gasteiger partial charge in [0, 0.05) is 13.1 Å². The Labute approximate surface area is 119 Å². The van der Waals surface area contributed by atoms with Crippen molar-refractivity contribution in [3.8, 4) is 0 Å². The summed E-state index contributed by atoms with van der Waals surface area (Å²) in [6, 6.07) is 7.39. The quantitative estimate of drug-likeness (QED) is 0.851. The number of halogens is 3. The van der Waals surface area contributed by atoms with Crippen LogP contribution in [0.5, 0.6) is 0 Å². The highest BCUT2D eigenvalue weighted by molar-refractivity contribution is 5.73. The predicted molar refractivity (Wildman–Crippen MR) is 71.5 cm³/mol. The van der Waals surface area contributed by atoms with Crippen LogP contribution in [0.25, 0.3) is 11.0 Å². The zero-order valence-corrected chi connectivity index (χ0v) is 11.3. The number of hydrogen-bond acceptors (Lipinski definition) is 3. The fourth-order valence-corrected chi connectivity index (χ4v) is 3.66. The lowest BCUT2D eigenvalue weighted by Crippen LogP contribution is -2.57. The molecule has 0 radical (unpaired) electrons. The Kier molecular flexibility index (Phi) is 2.58. The van der Waals surface area contributed by atoms with E-state index >= 15 is 0 Å². The molecule has 2 aromatic rings. The normalized spacial score (nSPS) is 28.8. The largest absolute Gasteiger partial charge is 0.406 e. The number of fused-ring (bicyclic) bond motifs is 2. The Balaban J connectivity index is 1.63. The Morgan fingerprint density at radius 1 is 1.19 bits per heavy atom. The molecule has 3 heterocycles. The summed E-state index contributed by atoms with van der Waals surface area (Å²) < 4.78 is 39.9. The standard InChI is InChI=1S/C15H14F3N3/c16-15(17,18)14-5-10(6-14)8-21(14)9-11-7-19-12-3-1-2-4-13(12)20-11/h1-4,7,10H,5-6,8-9H2. The average Bonchev–Trinajstić information content (AvgIpc) is 2.93. The number of rotatable bonds is 2. The molecule has 0 unspecified atom stereocenters. The molecule has 1 saturated carbocycles. The van der Waals surface area contributed by atoms with Crippen LogP contribution in [0.1, 0.15) is 18.5 Å². The second kappa shape index (κ2) is 4.16. The zero-order chi connectivity index (χ0) is 14.7. The molecule has 0 spiro atoms. The molecule has 3 fully saturated rings. The van der Waals surface area contributed by atoms with E-state index in [9.17, 15) is 13.2 Å². The van der Waals surface area contributed by atoms with Crippen molar-refractivity contribution in [2.75, 3.05) is 6.54 Å². The van der Waals surface area contributed by atoms with E-state index < -0.39 is 11.7 Å². The summed E-state index contributed by atoms with van der Waals surface area (Å²) in [5.41, 5.74) is 0.468. The number of nitrogens with zero attached hydrogens (tertiary/aromatic N) is 3. The second-order valence-corrected chi connectivity index (χ2v) is 6.03. The van der Waals surface area contributed by atoms with Crippen molar-refractivity contribution >= 4 is 11.0 Å². The molecule has 0 atom stereocenters. The summed E-state index contributed by atoms with van der Waals surface area (Å²) in [5.74, 6) is 0.181. The minimum Gasteiger partial charge on any atom is -0.283 e. The van der Waals surface area contributed by atoms with Crippen molar-refractivity contribution in [1.82, 2.24) is 14.9 Å². The lowest BCUT2D eigenvalue weighted by molar-refractivity contribution is -0.238. The van der Waals surface area contributed by atoms with Crippen LogP contribution in [0, 0.1) is 5.92 Å². The van der Waals surface area contributed by atoms with Gasteiger partial charge in [-0.1, -0.05) is 12.1 Å². The maximum Gasteiger partial charge on any atom is 0.406 e. The van der Waals surface area contributed by atoms with Crippen LogP contribution < -0.4 is 0 Å². The number of aromatic nitrogens is 2. The fraction of sp³-hybridized carbons (Fsp3) is 0.467. The van der Waals surface area contributed by atoms with Gasteiger partial charge >= 0.3 is 6.18 Å². The van der Waals surface area contributed by atoms with Crippen molar-refractivity contribution in [2.45, 2.75) is 31.1 Å². The van der Waals surface area contributed by atoms with Gasteiger partial charge in [0.1, 0.15) is 5.54 Å². The molecule has 0 N–H and O–H groups in total. The van der Waals surface area contributed by atoms with Gasteiger partial charge in [-0.2, -0.15) is 13.2 Å². The van der Waals surface area contributed by atoms with Crippen molar-refractivity contribution in [1.29, 1.82) is 0 Å². The zero-order valence-electron chi connectivity index (χ0n) is 11.3. The molecule has 110 valence electrons. The summed E-state index contributed by atoms with van der Waals surface area (Å²) >= 11 is 0. The van der Waals surface area contributed by atoms with Gasteiger partial charge in [0.2, 0.25) is 0 Å². The van der Waals surface area contributed by atoms with Gasteiger partial charge < -0.3 is 0 Å². The van der Waals surface area contributed by atoms with E-state index in [4.69, 9.17) is 0 Å². The Morgan fingerprint density at radius 2 is 1.90 bits per heavy atom. The molecular weight excluding hydrogens is 279 g/mol. The van der Waals surface area contributed by atoms with Gasteiger partial charge in [0.05, 0.1) is 22.9 Å². The third kappa shape index (κ3) is 1.85. The molecule has 0 amide bonds. The van der Waals surface area contributed by atoms with E-state index in [0.29, 0.717) is 12.2 Å². The van der Waals surface area contributed by atoms with Crippen LogP contribution in [0.3, 0.4) is 0 Å². The van der Waals surface area contributed by atoms with Gasteiger partial charge in [0.15, 0.2) is 0 Å². The van der Waals surface area contributed by atoms with Crippen LogP contribution in [0.2, 0.25) is 0 Å². The Hall–Kier alpha value is -1.69. The second-order valence-electron chi connectivity index (χ2n) is 6.03. The van der Waals surface area contributed by atoms with E-state index in [-0.39, 0.29) is 25.3 Å². The topological polar surface area (TPSA) is 29.0 Å². The molecule has 3 nitrogen and oxygen atoms in total. The van der Waals surface area contributed by atoms with E-state index in [2.05, 4.69) is 9.97 Å². The van der Waals surface area contributed by atoms with Gasteiger partial charge in [-0.15, -0.1) is 0 Å². The first-order valence-corrected chi connectivity index (χ1v) is 7.00. The van der Waals surface area contributed by atoms with Crippen molar-refractivity contribution in [3.63, 3.8) is 0 Å². The molecule has 6 heteroatoms. The van der Waals surface area contributed by atoms with Gasteiger partial charge in [0.25, 0.3) is 0 Å². The lowest BCUT2D eigenvalue weighted by Gasteiger charge is -2.43.